The molecule has 0 N–H and O–H groups in total. The van der Waals surface area contributed by atoms with E-state index < -0.39 is 5.79 Å². The largest absolute Gasteiger partial charge is 0.334 e. The van der Waals surface area contributed by atoms with Crippen molar-refractivity contribution in [2.24, 2.45) is 23.7 Å². The molecule has 0 radical (unpaired) electrons. The lowest BCUT2D eigenvalue weighted by Gasteiger charge is -2.44. The number of hydrogen-bond acceptors (Lipinski definition) is 4. The smallest absolute Gasteiger partial charge is 0.174 e. The number of unbranched alkanes of at least 4 members (excludes halogenated alkanes) is 1. The van der Waals surface area contributed by atoms with E-state index in [-0.39, 0.29) is 18.2 Å². The minimum absolute atomic E-state index is 0.0183. The Morgan fingerprint density at radius 3 is 2.84 bits per heavy atom. The second-order valence-electron chi connectivity index (χ2n) is 7.35. The summed E-state index contributed by atoms with van der Waals surface area (Å²) >= 11 is 0. The Morgan fingerprint density at radius 2 is 2.05 bits per heavy atom. The molecule has 0 aromatic carbocycles. The molecule has 4 heterocycles. The minimum Gasteiger partial charge on any atom is -0.334 e. The van der Waals surface area contributed by atoms with Gasteiger partial charge in [-0.1, -0.05) is 13.3 Å². The van der Waals surface area contributed by atoms with E-state index in [1.807, 2.05) is 0 Å². The van der Waals surface area contributed by atoms with E-state index in [1.165, 1.54) is 19.3 Å². The summed E-state index contributed by atoms with van der Waals surface area (Å²) in [6.45, 7) is 7.75. The van der Waals surface area contributed by atoms with Crippen molar-refractivity contribution in [3.8, 4) is 0 Å². The van der Waals surface area contributed by atoms with E-state index >= 15 is 0 Å². The quantitative estimate of drug-likeness (QED) is 0.782. The van der Waals surface area contributed by atoms with Crippen LogP contribution in [-0.2, 0) is 14.2 Å². The van der Waals surface area contributed by atoms with Gasteiger partial charge in [0.2, 0.25) is 0 Å². The highest BCUT2D eigenvalue weighted by atomic mass is 16.8. The van der Waals surface area contributed by atoms with Gasteiger partial charge in [-0.15, -0.1) is 0 Å². The third kappa shape index (κ3) is 1.06. The van der Waals surface area contributed by atoms with Crippen LogP contribution in [0.3, 0.4) is 0 Å². The minimum atomic E-state index is -0.403. The van der Waals surface area contributed by atoms with Crippen LogP contribution in [-0.4, -0.2) is 35.5 Å². The molecule has 5 rings (SSSR count). The second-order valence-corrected chi connectivity index (χ2v) is 7.35. The van der Waals surface area contributed by atoms with Crippen molar-refractivity contribution >= 4 is 0 Å². The van der Waals surface area contributed by atoms with Crippen molar-refractivity contribution in [3.63, 3.8) is 0 Å². The zero-order valence-corrected chi connectivity index (χ0v) is 12.0. The SMILES string of the molecule is CCCCN1[C@@H]2O[C@@H]3O[C@]4(C)O[C@@]1(C)[C@@H]1[C@H]2C[C@H]3[C@H]14. The first kappa shape index (κ1) is 11.5. The lowest BCUT2D eigenvalue weighted by Crippen LogP contribution is -2.55. The summed E-state index contributed by atoms with van der Waals surface area (Å²) in [6.07, 6.45) is 3.93. The molecule has 19 heavy (non-hydrogen) atoms. The normalized spacial score (nSPS) is 64.6. The standard InChI is InChI=1S/C15H23NO3/c1-4-5-6-16-12-8-7-9-11-10(8)14(16,2)19-15(11,3)18-13(9)17-12/h8-13H,4-7H2,1-3H3/t8-,9+,10-,11-,12-,13-,14+,15-/m1/s1. The Kier molecular flexibility index (Phi) is 1.93. The molecule has 4 heteroatoms. The van der Waals surface area contributed by atoms with Crippen molar-refractivity contribution in [2.75, 3.05) is 6.54 Å². The number of nitrogens with zero attached hydrogens (tertiary/aromatic N) is 1. The fourth-order valence-electron chi connectivity index (χ4n) is 5.98. The molecule has 8 atom stereocenters. The molecule has 4 nitrogen and oxygen atoms in total. The lowest BCUT2D eigenvalue weighted by molar-refractivity contribution is -0.360. The van der Waals surface area contributed by atoms with Gasteiger partial charge in [0.15, 0.2) is 12.1 Å². The van der Waals surface area contributed by atoms with Crippen molar-refractivity contribution in [1.29, 1.82) is 0 Å². The Bertz CT molecular complexity index is 443. The molecule has 1 saturated carbocycles. The zero-order valence-electron chi connectivity index (χ0n) is 12.0. The van der Waals surface area contributed by atoms with Crippen molar-refractivity contribution in [1.82, 2.24) is 4.90 Å². The molecule has 5 fully saturated rings. The van der Waals surface area contributed by atoms with Crippen molar-refractivity contribution in [2.45, 2.75) is 64.1 Å². The van der Waals surface area contributed by atoms with Crippen LogP contribution in [0.2, 0.25) is 0 Å². The molecule has 0 unspecified atom stereocenters. The molecule has 1 aliphatic carbocycles. The van der Waals surface area contributed by atoms with Crippen LogP contribution < -0.4 is 0 Å². The van der Waals surface area contributed by atoms with Crippen LogP contribution in [0.25, 0.3) is 0 Å². The number of rotatable bonds is 3. The van der Waals surface area contributed by atoms with E-state index in [1.54, 1.807) is 0 Å². The summed E-state index contributed by atoms with van der Waals surface area (Å²) in [5.74, 6) is 1.99. The second kappa shape index (κ2) is 3.19. The highest BCUT2D eigenvalue weighted by Gasteiger charge is 2.81. The van der Waals surface area contributed by atoms with Gasteiger partial charge < -0.3 is 14.2 Å². The monoisotopic (exact) mass is 265 g/mol. The Morgan fingerprint density at radius 1 is 1.21 bits per heavy atom. The molecule has 106 valence electrons. The van der Waals surface area contributed by atoms with E-state index in [9.17, 15) is 0 Å². The molecule has 4 aliphatic heterocycles. The Hall–Kier alpha value is -0.160. The summed E-state index contributed by atoms with van der Waals surface area (Å²) in [5, 5.41) is 0. The molecule has 0 aromatic rings. The van der Waals surface area contributed by atoms with Crippen LogP contribution in [0.4, 0.5) is 0 Å². The summed E-state index contributed by atoms with van der Waals surface area (Å²) in [5.41, 5.74) is -0.163. The summed E-state index contributed by atoms with van der Waals surface area (Å²) in [6, 6.07) is 0. The number of likely N-dealkylation sites (tertiary alicyclic amines) is 1. The van der Waals surface area contributed by atoms with Crippen LogP contribution in [0.1, 0.15) is 40.0 Å². The fourth-order valence-corrected chi connectivity index (χ4v) is 5.98. The lowest BCUT2D eigenvalue weighted by atomic mass is 9.83. The van der Waals surface area contributed by atoms with Gasteiger partial charge in [-0.2, -0.15) is 0 Å². The van der Waals surface area contributed by atoms with E-state index in [0.29, 0.717) is 23.7 Å². The predicted molar refractivity (Wildman–Crippen MR) is 67.8 cm³/mol. The molecule has 2 bridgehead atoms. The van der Waals surface area contributed by atoms with Crippen molar-refractivity contribution in [3.05, 3.63) is 0 Å². The average Bonchev–Trinajstić information content (AvgIpc) is 2.95. The first-order chi connectivity index (χ1) is 9.08. The molecular weight excluding hydrogens is 242 g/mol. The first-order valence-electron chi connectivity index (χ1n) is 7.89. The summed E-state index contributed by atoms with van der Waals surface area (Å²) in [7, 11) is 0. The maximum Gasteiger partial charge on any atom is 0.174 e. The van der Waals surface area contributed by atoms with Gasteiger partial charge in [0.05, 0.1) is 0 Å². The van der Waals surface area contributed by atoms with Gasteiger partial charge in [-0.3, -0.25) is 0 Å². The molecule has 0 spiro atoms. The van der Waals surface area contributed by atoms with E-state index in [4.69, 9.17) is 14.2 Å². The molecule has 0 amide bonds. The number of hydrogen-bond donors (Lipinski definition) is 0. The fraction of sp³-hybridized carbons (Fsp3) is 1.00. The zero-order chi connectivity index (χ0) is 13.0. The highest BCUT2D eigenvalue weighted by Crippen LogP contribution is 2.72. The molecule has 4 saturated heterocycles. The molecule has 5 aliphatic rings. The van der Waals surface area contributed by atoms with Gasteiger partial charge >= 0.3 is 0 Å². The van der Waals surface area contributed by atoms with Crippen LogP contribution in [0.15, 0.2) is 0 Å². The summed E-state index contributed by atoms with van der Waals surface area (Å²) < 4.78 is 19.0. The number of ether oxygens (including phenoxy) is 3. The molecular formula is C15H23NO3. The van der Waals surface area contributed by atoms with E-state index in [2.05, 4.69) is 25.7 Å². The van der Waals surface area contributed by atoms with Gasteiger partial charge in [-0.05, 0) is 26.7 Å². The van der Waals surface area contributed by atoms with Crippen LogP contribution in [0, 0.1) is 23.7 Å². The van der Waals surface area contributed by atoms with Crippen LogP contribution in [0.5, 0.6) is 0 Å². The van der Waals surface area contributed by atoms with Crippen LogP contribution >= 0.6 is 0 Å². The Labute approximate surface area is 114 Å². The maximum absolute atomic E-state index is 6.52. The van der Waals surface area contributed by atoms with E-state index in [0.717, 1.165) is 6.54 Å². The molecule has 0 aromatic heterocycles. The summed E-state index contributed by atoms with van der Waals surface area (Å²) in [4.78, 5) is 2.51. The maximum atomic E-state index is 6.52. The highest BCUT2D eigenvalue weighted by molar-refractivity contribution is 5.20. The third-order valence-electron chi connectivity index (χ3n) is 6.46. The first-order valence-corrected chi connectivity index (χ1v) is 7.89. The van der Waals surface area contributed by atoms with Gasteiger partial charge in [0.1, 0.15) is 12.0 Å². The van der Waals surface area contributed by atoms with Gasteiger partial charge in [0.25, 0.3) is 0 Å². The van der Waals surface area contributed by atoms with Gasteiger partial charge in [0, 0.05) is 30.2 Å². The third-order valence-corrected chi connectivity index (χ3v) is 6.46. The van der Waals surface area contributed by atoms with Crippen molar-refractivity contribution < 1.29 is 14.2 Å². The van der Waals surface area contributed by atoms with Gasteiger partial charge in [-0.25, -0.2) is 4.90 Å². The predicted octanol–water partition coefficient (Wildman–Crippen LogP) is 2.15. The Balaban J connectivity index is 1.61. The topological polar surface area (TPSA) is 30.9 Å². The average molecular weight is 265 g/mol.